The highest BCUT2D eigenvalue weighted by atomic mass is 16.2. The molecule has 1 aliphatic heterocycles. The van der Waals surface area contributed by atoms with Gasteiger partial charge in [0.25, 0.3) is 0 Å². The van der Waals surface area contributed by atoms with Crippen LogP contribution in [-0.4, -0.2) is 42.4 Å². The molecule has 3 atom stereocenters. The van der Waals surface area contributed by atoms with Crippen LogP contribution in [0.2, 0.25) is 0 Å². The molecule has 3 N–H and O–H groups in total. The first kappa shape index (κ1) is 15.0. The Morgan fingerprint density at radius 3 is 2.67 bits per heavy atom. The Bertz CT molecular complexity index is 307. The van der Waals surface area contributed by atoms with Crippen LogP contribution in [0.5, 0.6) is 0 Å². The maximum atomic E-state index is 12.4. The van der Waals surface area contributed by atoms with Gasteiger partial charge in [-0.15, -0.1) is 0 Å². The van der Waals surface area contributed by atoms with E-state index in [9.17, 15) is 9.59 Å². The Morgan fingerprint density at radius 1 is 1.44 bits per heavy atom. The van der Waals surface area contributed by atoms with E-state index in [2.05, 4.69) is 5.32 Å². The Hall–Kier alpha value is -1.10. The summed E-state index contributed by atoms with van der Waals surface area (Å²) in [6.45, 7) is 4.63. The molecule has 2 amide bonds. The van der Waals surface area contributed by atoms with Crippen LogP contribution in [0.3, 0.4) is 0 Å². The quantitative estimate of drug-likeness (QED) is 0.767. The molecular weight excluding hydrogens is 230 g/mol. The molecule has 1 saturated heterocycles. The Morgan fingerprint density at radius 2 is 2.11 bits per heavy atom. The fourth-order valence-electron chi connectivity index (χ4n) is 2.32. The first-order valence-corrected chi connectivity index (χ1v) is 6.80. The number of carbonyl (C=O) groups excluding carboxylic acids is 2. The molecule has 1 aliphatic rings. The zero-order chi connectivity index (χ0) is 13.7. The van der Waals surface area contributed by atoms with E-state index in [1.807, 2.05) is 13.8 Å². The summed E-state index contributed by atoms with van der Waals surface area (Å²) in [4.78, 5) is 25.8. The van der Waals surface area contributed by atoms with Gasteiger partial charge in [0.05, 0.1) is 6.04 Å². The normalized spacial score (nSPS) is 23.3. The third-order valence-corrected chi connectivity index (χ3v) is 3.88. The summed E-state index contributed by atoms with van der Waals surface area (Å²) in [6.07, 6.45) is 3.54. The summed E-state index contributed by atoms with van der Waals surface area (Å²) < 4.78 is 0. The molecule has 3 unspecified atom stereocenters. The average Bonchev–Trinajstić information content (AvgIpc) is 2.43. The molecule has 1 fully saturated rings. The highest BCUT2D eigenvalue weighted by Crippen LogP contribution is 2.20. The van der Waals surface area contributed by atoms with Crippen LogP contribution in [0.15, 0.2) is 0 Å². The lowest BCUT2D eigenvalue weighted by atomic mass is 9.95. The molecule has 0 aromatic heterocycles. The minimum absolute atomic E-state index is 0.0839. The van der Waals surface area contributed by atoms with Crippen molar-refractivity contribution in [3.05, 3.63) is 0 Å². The summed E-state index contributed by atoms with van der Waals surface area (Å²) in [6, 6.07) is -0.841. The van der Waals surface area contributed by atoms with Gasteiger partial charge in [0.2, 0.25) is 11.8 Å². The van der Waals surface area contributed by atoms with Gasteiger partial charge >= 0.3 is 0 Å². The van der Waals surface area contributed by atoms with Crippen molar-refractivity contribution in [2.75, 3.05) is 13.6 Å². The molecule has 0 aromatic rings. The minimum atomic E-state index is -0.500. The standard InChI is InChI=1S/C13H25N3O2/c1-4-9(2)11(14)13(18)16-8-6-5-7-10(16)12(17)15-3/h9-11H,4-8,14H2,1-3H3,(H,15,17). The van der Waals surface area contributed by atoms with E-state index < -0.39 is 6.04 Å². The predicted octanol–water partition coefficient (Wildman–Crippen LogP) is 0.487. The van der Waals surface area contributed by atoms with E-state index in [0.717, 1.165) is 25.7 Å². The molecule has 1 heterocycles. The van der Waals surface area contributed by atoms with Gasteiger partial charge in [-0.05, 0) is 25.2 Å². The first-order chi connectivity index (χ1) is 8.52. The zero-order valence-corrected chi connectivity index (χ0v) is 11.6. The number of nitrogens with zero attached hydrogens (tertiary/aromatic N) is 1. The van der Waals surface area contributed by atoms with Gasteiger partial charge in [-0.1, -0.05) is 20.3 Å². The van der Waals surface area contributed by atoms with Crippen LogP contribution in [0, 0.1) is 5.92 Å². The van der Waals surface area contributed by atoms with E-state index in [4.69, 9.17) is 5.73 Å². The summed E-state index contributed by atoms with van der Waals surface area (Å²) in [5.41, 5.74) is 5.98. The number of likely N-dealkylation sites (N-methyl/N-ethyl adjacent to an activating group) is 1. The second kappa shape index (κ2) is 6.73. The molecule has 18 heavy (non-hydrogen) atoms. The van der Waals surface area contributed by atoms with Crippen molar-refractivity contribution in [2.45, 2.75) is 51.6 Å². The Labute approximate surface area is 109 Å². The van der Waals surface area contributed by atoms with Gasteiger partial charge in [-0.25, -0.2) is 0 Å². The molecule has 0 spiro atoms. The van der Waals surface area contributed by atoms with Crippen LogP contribution in [0.4, 0.5) is 0 Å². The largest absolute Gasteiger partial charge is 0.357 e. The van der Waals surface area contributed by atoms with E-state index >= 15 is 0 Å². The molecule has 5 nitrogen and oxygen atoms in total. The fraction of sp³-hybridized carbons (Fsp3) is 0.846. The number of likely N-dealkylation sites (tertiary alicyclic amines) is 1. The number of amides is 2. The monoisotopic (exact) mass is 255 g/mol. The van der Waals surface area contributed by atoms with Crippen molar-refractivity contribution in [1.82, 2.24) is 10.2 Å². The maximum Gasteiger partial charge on any atom is 0.242 e. The summed E-state index contributed by atoms with van der Waals surface area (Å²) >= 11 is 0. The smallest absolute Gasteiger partial charge is 0.242 e. The highest BCUT2D eigenvalue weighted by Gasteiger charge is 2.34. The van der Waals surface area contributed by atoms with Crippen molar-refractivity contribution in [2.24, 2.45) is 11.7 Å². The fourth-order valence-corrected chi connectivity index (χ4v) is 2.32. The van der Waals surface area contributed by atoms with Crippen molar-refractivity contribution in [3.63, 3.8) is 0 Å². The van der Waals surface area contributed by atoms with Crippen LogP contribution in [-0.2, 0) is 9.59 Å². The van der Waals surface area contributed by atoms with Gasteiger partial charge in [-0.3, -0.25) is 9.59 Å². The van der Waals surface area contributed by atoms with Gasteiger partial charge < -0.3 is 16.0 Å². The molecule has 0 aromatic carbocycles. The Balaban J connectivity index is 2.77. The SMILES string of the molecule is CCC(C)C(N)C(=O)N1CCCCC1C(=O)NC. The molecule has 0 bridgehead atoms. The van der Waals surface area contributed by atoms with Crippen LogP contribution in [0.1, 0.15) is 39.5 Å². The number of piperidine rings is 1. The number of hydrogen-bond acceptors (Lipinski definition) is 3. The lowest BCUT2D eigenvalue weighted by Gasteiger charge is -2.36. The van der Waals surface area contributed by atoms with Crippen molar-refractivity contribution >= 4 is 11.8 Å². The van der Waals surface area contributed by atoms with Crippen LogP contribution in [0.25, 0.3) is 0 Å². The second-order valence-electron chi connectivity index (χ2n) is 5.07. The van der Waals surface area contributed by atoms with E-state index in [1.165, 1.54) is 0 Å². The molecular formula is C13H25N3O2. The lowest BCUT2D eigenvalue weighted by molar-refractivity contribution is -0.143. The first-order valence-electron chi connectivity index (χ1n) is 6.80. The number of rotatable bonds is 4. The number of nitrogens with one attached hydrogen (secondary N) is 1. The minimum Gasteiger partial charge on any atom is -0.357 e. The molecule has 0 aliphatic carbocycles. The number of nitrogens with two attached hydrogens (primary N) is 1. The summed E-state index contributed by atoms with van der Waals surface area (Å²) in [5.74, 6) is -0.0261. The molecule has 1 rings (SSSR count). The van der Waals surface area contributed by atoms with Crippen molar-refractivity contribution in [3.8, 4) is 0 Å². The average molecular weight is 255 g/mol. The van der Waals surface area contributed by atoms with Gasteiger partial charge in [0.1, 0.15) is 6.04 Å². The highest BCUT2D eigenvalue weighted by molar-refractivity contribution is 5.89. The van der Waals surface area contributed by atoms with Crippen LogP contribution >= 0.6 is 0 Å². The predicted molar refractivity (Wildman–Crippen MR) is 70.8 cm³/mol. The number of hydrogen-bond donors (Lipinski definition) is 2. The number of carbonyl (C=O) groups is 2. The second-order valence-corrected chi connectivity index (χ2v) is 5.07. The van der Waals surface area contributed by atoms with Gasteiger partial charge in [-0.2, -0.15) is 0 Å². The third kappa shape index (κ3) is 3.22. The van der Waals surface area contributed by atoms with E-state index in [-0.39, 0.29) is 23.8 Å². The summed E-state index contributed by atoms with van der Waals surface area (Å²) in [7, 11) is 1.61. The molecule has 104 valence electrons. The van der Waals surface area contributed by atoms with Crippen molar-refractivity contribution in [1.29, 1.82) is 0 Å². The third-order valence-electron chi connectivity index (χ3n) is 3.88. The Kier molecular flexibility index (Phi) is 5.59. The molecule has 0 radical (unpaired) electrons. The van der Waals surface area contributed by atoms with Gasteiger partial charge in [0.15, 0.2) is 0 Å². The maximum absolute atomic E-state index is 12.4. The van der Waals surface area contributed by atoms with Gasteiger partial charge in [0, 0.05) is 13.6 Å². The molecule has 0 saturated carbocycles. The lowest BCUT2D eigenvalue weighted by Crippen LogP contribution is -2.56. The topological polar surface area (TPSA) is 75.4 Å². The van der Waals surface area contributed by atoms with Crippen LogP contribution < -0.4 is 11.1 Å². The zero-order valence-electron chi connectivity index (χ0n) is 11.6. The molecule has 5 heteroatoms. The summed E-state index contributed by atoms with van der Waals surface area (Å²) in [5, 5.41) is 2.63. The van der Waals surface area contributed by atoms with E-state index in [0.29, 0.717) is 6.54 Å². The van der Waals surface area contributed by atoms with E-state index in [1.54, 1.807) is 11.9 Å². The van der Waals surface area contributed by atoms with Crippen molar-refractivity contribution < 1.29 is 9.59 Å².